The van der Waals surface area contributed by atoms with E-state index < -0.39 is 0 Å². The number of nitrogen functional groups attached to an aromatic ring is 1. The largest absolute Gasteiger partial charge is 0.396 e. The second-order valence-corrected chi connectivity index (χ2v) is 2.82. The fourth-order valence-corrected chi connectivity index (χ4v) is 1.21. The minimum atomic E-state index is 0.654. The zero-order chi connectivity index (χ0) is 9.26. The van der Waals surface area contributed by atoms with Crippen LogP contribution >= 0.6 is 0 Å². The molecule has 0 bridgehead atoms. The van der Waals surface area contributed by atoms with E-state index in [9.17, 15) is 0 Å². The van der Waals surface area contributed by atoms with E-state index in [1.54, 1.807) is 17.1 Å². The molecule has 66 valence electrons. The molecule has 0 aliphatic carbocycles. The molecule has 4 nitrogen and oxygen atoms in total. The molecule has 0 unspecified atom stereocenters. The molecule has 0 aliphatic heterocycles. The topological polar surface area (TPSA) is 56.7 Å². The number of rotatable bonds is 1. The van der Waals surface area contributed by atoms with E-state index in [-0.39, 0.29) is 0 Å². The zero-order valence-electron chi connectivity index (χ0n) is 7.31. The van der Waals surface area contributed by atoms with Crippen molar-refractivity contribution in [2.75, 3.05) is 5.73 Å². The Morgan fingerprint density at radius 1 is 1.38 bits per heavy atom. The van der Waals surface area contributed by atoms with Gasteiger partial charge in [0.05, 0.1) is 11.4 Å². The molecule has 0 radical (unpaired) electrons. The molecule has 0 aromatic carbocycles. The van der Waals surface area contributed by atoms with Crippen LogP contribution in [0.25, 0.3) is 11.4 Å². The Morgan fingerprint density at radius 2 is 2.23 bits per heavy atom. The van der Waals surface area contributed by atoms with E-state index in [2.05, 4.69) is 10.1 Å². The zero-order valence-corrected chi connectivity index (χ0v) is 7.31. The summed E-state index contributed by atoms with van der Waals surface area (Å²) in [5, 5.41) is 4.21. The summed E-state index contributed by atoms with van der Waals surface area (Å²) in [6.07, 6.45) is 3.49. The first-order valence-corrected chi connectivity index (χ1v) is 3.98. The van der Waals surface area contributed by atoms with Crippen LogP contribution < -0.4 is 5.73 Å². The monoisotopic (exact) mass is 174 g/mol. The second-order valence-electron chi connectivity index (χ2n) is 2.82. The Morgan fingerprint density at radius 3 is 2.77 bits per heavy atom. The molecule has 0 saturated heterocycles. The number of pyridine rings is 1. The van der Waals surface area contributed by atoms with Gasteiger partial charge >= 0.3 is 0 Å². The Kier molecular flexibility index (Phi) is 1.73. The molecule has 0 amide bonds. The number of nitrogens with zero attached hydrogens (tertiary/aromatic N) is 3. The van der Waals surface area contributed by atoms with Crippen molar-refractivity contribution < 1.29 is 0 Å². The highest BCUT2D eigenvalue weighted by atomic mass is 15.3. The summed E-state index contributed by atoms with van der Waals surface area (Å²) in [7, 11) is 1.84. The standard InChI is InChI=1S/C9H10N4/c1-13-6-7(10)9(12-13)8-4-2-3-5-11-8/h2-6H,10H2,1H3. The maximum absolute atomic E-state index is 5.75. The van der Waals surface area contributed by atoms with Crippen LogP contribution in [0.4, 0.5) is 5.69 Å². The van der Waals surface area contributed by atoms with Gasteiger partial charge in [-0.1, -0.05) is 6.07 Å². The van der Waals surface area contributed by atoms with Crippen LogP contribution in [0.15, 0.2) is 30.6 Å². The number of anilines is 1. The third kappa shape index (κ3) is 1.38. The molecule has 2 aromatic heterocycles. The van der Waals surface area contributed by atoms with Crippen molar-refractivity contribution in [2.24, 2.45) is 7.05 Å². The van der Waals surface area contributed by atoms with Gasteiger partial charge in [0.2, 0.25) is 0 Å². The Hall–Kier alpha value is -1.84. The second kappa shape index (κ2) is 2.90. The molecular formula is C9H10N4. The van der Waals surface area contributed by atoms with Crippen LogP contribution in [0.2, 0.25) is 0 Å². The van der Waals surface area contributed by atoms with Gasteiger partial charge in [-0.3, -0.25) is 9.67 Å². The fraction of sp³-hybridized carbons (Fsp3) is 0.111. The van der Waals surface area contributed by atoms with Gasteiger partial charge in [-0.25, -0.2) is 0 Å². The predicted octanol–water partition coefficient (Wildman–Crippen LogP) is 1.06. The molecule has 13 heavy (non-hydrogen) atoms. The third-order valence-electron chi connectivity index (χ3n) is 1.76. The van der Waals surface area contributed by atoms with Gasteiger partial charge in [-0.2, -0.15) is 5.10 Å². The molecule has 0 saturated carbocycles. The summed E-state index contributed by atoms with van der Waals surface area (Å²) < 4.78 is 1.68. The third-order valence-corrected chi connectivity index (χ3v) is 1.76. The van der Waals surface area contributed by atoms with Crippen molar-refractivity contribution in [3.8, 4) is 11.4 Å². The molecule has 2 aromatic rings. The lowest BCUT2D eigenvalue weighted by Gasteiger charge is -1.94. The number of aryl methyl sites for hydroxylation is 1. The highest BCUT2D eigenvalue weighted by molar-refractivity contribution is 5.68. The average molecular weight is 174 g/mol. The molecule has 0 spiro atoms. The van der Waals surface area contributed by atoms with E-state index in [1.807, 2.05) is 25.2 Å². The van der Waals surface area contributed by atoms with Gasteiger partial charge < -0.3 is 5.73 Å². The lowest BCUT2D eigenvalue weighted by Crippen LogP contribution is -1.90. The van der Waals surface area contributed by atoms with Crippen LogP contribution in [0, 0.1) is 0 Å². The molecule has 2 rings (SSSR count). The van der Waals surface area contributed by atoms with Crippen LogP contribution in [-0.2, 0) is 7.05 Å². The van der Waals surface area contributed by atoms with Crippen LogP contribution in [0.3, 0.4) is 0 Å². The van der Waals surface area contributed by atoms with Gasteiger partial charge in [0.15, 0.2) is 0 Å². The summed E-state index contributed by atoms with van der Waals surface area (Å²) >= 11 is 0. The molecule has 2 N–H and O–H groups in total. The summed E-state index contributed by atoms with van der Waals surface area (Å²) in [6, 6.07) is 5.66. The first-order chi connectivity index (χ1) is 6.27. The lowest BCUT2D eigenvalue weighted by molar-refractivity contribution is 0.770. The van der Waals surface area contributed by atoms with Crippen LogP contribution in [0.1, 0.15) is 0 Å². The van der Waals surface area contributed by atoms with Crippen molar-refractivity contribution in [1.82, 2.24) is 14.8 Å². The SMILES string of the molecule is Cn1cc(N)c(-c2ccccn2)n1. The van der Waals surface area contributed by atoms with Gasteiger partial charge in [-0.05, 0) is 12.1 Å². The smallest absolute Gasteiger partial charge is 0.134 e. The van der Waals surface area contributed by atoms with Crippen molar-refractivity contribution in [3.63, 3.8) is 0 Å². The molecular weight excluding hydrogens is 164 g/mol. The van der Waals surface area contributed by atoms with E-state index in [4.69, 9.17) is 5.73 Å². The fourth-order valence-electron chi connectivity index (χ4n) is 1.21. The summed E-state index contributed by atoms with van der Waals surface area (Å²) in [4.78, 5) is 4.17. The molecule has 0 aliphatic rings. The lowest BCUT2D eigenvalue weighted by atomic mass is 10.2. The van der Waals surface area contributed by atoms with Crippen molar-refractivity contribution >= 4 is 5.69 Å². The molecule has 2 heterocycles. The van der Waals surface area contributed by atoms with E-state index in [1.165, 1.54) is 0 Å². The van der Waals surface area contributed by atoms with Crippen LogP contribution in [-0.4, -0.2) is 14.8 Å². The maximum Gasteiger partial charge on any atom is 0.134 e. The summed E-state index contributed by atoms with van der Waals surface area (Å²) in [6.45, 7) is 0. The number of nitrogens with two attached hydrogens (primary N) is 1. The number of hydrogen-bond acceptors (Lipinski definition) is 3. The predicted molar refractivity (Wildman–Crippen MR) is 50.9 cm³/mol. The maximum atomic E-state index is 5.75. The Labute approximate surface area is 76.0 Å². The number of hydrogen-bond donors (Lipinski definition) is 1. The van der Waals surface area contributed by atoms with Crippen LogP contribution in [0.5, 0.6) is 0 Å². The van der Waals surface area contributed by atoms with E-state index >= 15 is 0 Å². The minimum Gasteiger partial charge on any atom is -0.396 e. The molecule has 4 heteroatoms. The minimum absolute atomic E-state index is 0.654. The average Bonchev–Trinajstić information content (AvgIpc) is 2.47. The Balaban J connectivity index is 2.53. The van der Waals surface area contributed by atoms with E-state index in [0.29, 0.717) is 5.69 Å². The first kappa shape index (κ1) is 7.79. The molecule has 0 fully saturated rings. The quantitative estimate of drug-likeness (QED) is 0.703. The van der Waals surface area contributed by atoms with Crippen molar-refractivity contribution in [1.29, 1.82) is 0 Å². The number of aromatic nitrogens is 3. The van der Waals surface area contributed by atoms with Gasteiger partial charge in [0, 0.05) is 19.4 Å². The summed E-state index contributed by atoms with van der Waals surface area (Å²) in [5.74, 6) is 0. The molecule has 0 atom stereocenters. The normalized spacial score (nSPS) is 10.2. The van der Waals surface area contributed by atoms with Crippen molar-refractivity contribution in [3.05, 3.63) is 30.6 Å². The first-order valence-electron chi connectivity index (χ1n) is 3.98. The Bertz CT molecular complexity index is 405. The van der Waals surface area contributed by atoms with E-state index in [0.717, 1.165) is 11.4 Å². The summed E-state index contributed by atoms with van der Waals surface area (Å²) in [5.41, 5.74) is 7.95. The highest BCUT2D eigenvalue weighted by Gasteiger charge is 2.06. The highest BCUT2D eigenvalue weighted by Crippen LogP contribution is 2.20. The van der Waals surface area contributed by atoms with Crippen molar-refractivity contribution in [2.45, 2.75) is 0 Å². The van der Waals surface area contributed by atoms with Gasteiger partial charge in [-0.15, -0.1) is 0 Å². The van der Waals surface area contributed by atoms with Gasteiger partial charge in [0.1, 0.15) is 5.69 Å². The van der Waals surface area contributed by atoms with Gasteiger partial charge in [0.25, 0.3) is 0 Å².